The SMILES string of the molecule is CNCc1[nH]nc(-c2ccccc2OC)c1Br. The lowest BCUT2D eigenvalue weighted by atomic mass is 10.1. The van der Waals surface area contributed by atoms with Crippen LogP contribution < -0.4 is 10.1 Å². The summed E-state index contributed by atoms with van der Waals surface area (Å²) in [4.78, 5) is 0. The molecule has 2 N–H and O–H groups in total. The molecule has 0 spiro atoms. The molecule has 0 bridgehead atoms. The van der Waals surface area contributed by atoms with Crippen LogP contribution in [0.15, 0.2) is 28.7 Å². The van der Waals surface area contributed by atoms with Gasteiger partial charge in [-0.15, -0.1) is 0 Å². The van der Waals surface area contributed by atoms with Gasteiger partial charge in [0.15, 0.2) is 0 Å². The van der Waals surface area contributed by atoms with Gasteiger partial charge in [-0.05, 0) is 35.1 Å². The molecule has 2 aromatic rings. The van der Waals surface area contributed by atoms with E-state index in [1.165, 1.54) is 0 Å². The maximum atomic E-state index is 5.33. The molecule has 0 unspecified atom stereocenters. The first-order chi connectivity index (χ1) is 8.27. The Hall–Kier alpha value is -1.33. The van der Waals surface area contributed by atoms with E-state index < -0.39 is 0 Å². The molecule has 0 fully saturated rings. The lowest BCUT2D eigenvalue weighted by molar-refractivity contribution is 0.416. The molecule has 2 rings (SSSR count). The van der Waals surface area contributed by atoms with Crippen LogP contribution >= 0.6 is 15.9 Å². The van der Waals surface area contributed by atoms with Gasteiger partial charge < -0.3 is 10.1 Å². The van der Waals surface area contributed by atoms with E-state index in [4.69, 9.17) is 4.74 Å². The summed E-state index contributed by atoms with van der Waals surface area (Å²) in [5.74, 6) is 0.815. The van der Waals surface area contributed by atoms with Gasteiger partial charge in [0.1, 0.15) is 11.4 Å². The van der Waals surface area contributed by atoms with E-state index in [0.717, 1.165) is 33.7 Å². The van der Waals surface area contributed by atoms with Crippen molar-refractivity contribution in [2.75, 3.05) is 14.2 Å². The van der Waals surface area contributed by atoms with Gasteiger partial charge in [0.2, 0.25) is 0 Å². The Morgan fingerprint density at radius 3 is 2.88 bits per heavy atom. The summed E-state index contributed by atoms with van der Waals surface area (Å²) in [5, 5.41) is 10.4. The van der Waals surface area contributed by atoms with Crippen LogP contribution in [0.5, 0.6) is 5.75 Å². The Kier molecular flexibility index (Phi) is 3.81. The summed E-state index contributed by atoms with van der Waals surface area (Å²) in [6.45, 7) is 0.739. The fourth-order valence-electron chi connectivity index (χ4n) is 1.68. The highest BCUT2D eigenvalue weighted by Gasteiger charge is 2.14. The molecular weight excluding hydrogens is 282 g/mol. The average molecular weight is 296 g/mol. The summed E-state index contributed by atoms with van der Waals surface area (Å²) >= 11 is 3.56. The van der Waals surface area contributed by atoms with Crippen LogP contribution in [0.3, 0.4) is 0 Å². The zero-order valence-electron chi connectivity index (χ0n) is 9.75. The van der Waals surface area contributed by atoms with E-state index in [-0.39, 0.29) is 0 Å². The third-order valence-corrected chi connectivity index (χ3v) is 3.35. The molecule has 0 saturated heterocycles. The lowest BCUT2D eigenvalue weighted by Crippen LogP contribution is -2.05. The topological polar surface area (TPSA) is 49.9 Å². The molecule has 4 nitrogen and oxygen atoms in total. The van der Waals surface area contributed by atoms with E-state index in [2.05, 4.69) is 31.4 Å². The van der Waals surface area contributed by atoms with Crippen molar-refractivity contribution in [3.8, 4) is 17.0 Å². The van der Waals surface area contributed by atoms with E-state index in [0.29, 0.717) is 0 Å². The molecule has 0 atom stereocenters. The molecule has 5 heteroatoms. The van der Waals surface area contributed by atoms with Crippen LogP contribution in [0, 0.1) is 0 Å². The van der Waals surface area contributed by atoms with Crippen molar-refractivity contribution in [3.05, 3.63) is 34.4 Å². The van der Waals surface area contributed by atoms with E-state index in [1.807, 2.05) is 31.3 Å². The van der Waals surface area contributed by atoms with Crippen molar-refractivity contribution in [1.29, 1.82) is 0 Å². The summed E-state index contributed by atoms with van der Waals surface area (Å²) in [7, 11) is 3.56. The van der Waals surface area contributed by atoms with Crippen LogP contribution in [-0.4, -0.2) is 24.4 Å². The standard InChI is InChI=1S/C12H14BrN3O/c1-14-7-9-11(13)12(16-15-9)8-5-3-4-6-10(8)17-2/h3-6,14H,7H2,1-2H3,(H,15,16). The molecular formula is C12H14BrN3O. The van der Waals surface area contributed by atoms with Crippen molar-refractivity contribution < 1.29 is 4.74 Å². The highest BCUT2D eigenvalue weighted by molar-refractivity contribution is 9.10. The van der Waals surface area contributed by atoms with Crippen molar-refractivity contribution in [2.24, 2.45) is 0 Å². The Labute approximate surface area is 109 Å². The zero-order valence-corrected chi connectivity index (χ0v) is 11.3. The normalized spacial score (nSPS) is 10.5. The monoisotopic (exact) mass is 295 g/mol. The summed E-state index contributed by atoms with van der Waals surface area (Å²) in [5.41, 5.74) is 2.86. The quantitative estimate of drug-likeness (QED) is 0.911. The first kappa shape index (κ1) is 12.1. The Balaban J connectivity index is 2.46. The Morgan fingerprint density at radius 2 is 2.18 bits per heavy atom. The Bertz CT molecular complexity index is 510. The first-order valence-corrected chi connectivity index (χ1v) is 6.08. The number of para-hydroxylation sites is 1. The van der Waals surface area contributed by atoms with Crippen LogP contribution in [-0.2, 0) is 6.54 Å². The average Bonchev–Trinajstić information content (AvgIpc) is 2.72. The van der Waals surface area contributed by atoms with Crippen LogP contribution in [0.1, 0.15) is 5.69 Å². The fraction of sp³-hybridized carbons (Fsp3) is 0.250. The minimum atomic E-state index is 0.739. The number of ether oxygens (including phenoxy) is 1. The van der Waals surface area contributed by atoms with Gasteiger partial charge in [0, 0.05) is 12.1 Å². The van der Waals surface area contributed by atoms with E-state index in [1.54, 1.807) is 7.11 Å². The molecule has 90 valence electrons. The third kappa shape index (κ3) is 2.35. The van der Waals surface area contributed by atoms with Crippen molar-refractivity contribution in [1.82, 2.24) is 15.5 Å². The van der Waals surface area contributed by atoms with Crippen molar-refractivity contribution in [2.45, 2.75) is 6.54 Å². The summed E-state index contributed by atoms with van der Waals surface area (Å²) in [6.07, 6.45) is 0. The molecule has 17 heavy (non-hydrogen) atoms. The second-order valence-corrected chi connectivity index (χ2v) is 4.39. The molecule has 0 aliphatic heterocycles. The minimum absolute atomic E-state index is 0.739. The molecule has 1 aromatic heterocycles. The number of hydrogen-bond donors (Lipinski definition) is 2. The van der Waals surface area contributed by atoms with Crippen LogP contribution in [0.4, 0.5) is 0 Å². The van der Waals surface area contributed by atoms with Gasteiger partial charge in [-0.3, -0.25) is 5.10 Å². The maximum Gasteiger partial charge on any atom is 0.128 e. The third-order valence-electron chi connectivity index (χ3n) is 2.49. The number of rotatable bonds is 4. The number of nitrogens with one attached hydrogen (secondary N) is 2. The smallest absolute Gasteiger partial charge is 0.128 e. The van der Waals surface area contributed by atoms with Crippen LogP contribution in [0.25, 0.3) is 11.3 Å². The molecule has 0 radical (unpaired) electrons. The fourth-order valence-corrected chi connectivity index (χ4v) is 2.21. The van der Waals surface area contributed by atoms with Crippen molar-refractivity contribution >= 4 is 15.9 Å². The molecule has 0 aliphatic rings. The van der Waals surface area contributed by atoms with Gasteiger partial charge in [-0.1, -0.05) is 12.1 Å². The molecule has 1 heterocycles. The number of benzene rings is 1. The second-order valence-electron chi connectivity index (χ2n) is 3.60. The number of aromatic nitrogens is 2. The first-order valence-electron chi connectivity index (χ1n) is 5.28. The summed E-state index contributed by atoms with van der Waals surface area (Å²) < 4.78 is 6.30. The molecule has 0 aliphatic carbocycles. The van der Waals surface area contributed by atoms with Crippen molar-refractivity contribution in [3.63, 3.8) is 0 Å². The van der Waals surface area contributed by atoms with E-state index >= 15 is 0 Å². The molecule has 0 amide bonds. The number of halogens is 1. The van der Waals surface area contributed by atoms with Gasteiger partial charge in [0.05, 0.1) is 17.3 Å². The van der Waals surface area contributed by atoms with Gasteiger partial charge in [0.25, 0.3) is 0 Å². The number of aromatic amines is 1. The largest absolute Gasteiger partial charge is 0.496 e. The second kappa shape index (κ2) is 5.33. The molecule has 0 saturated carbocycles. The van der Waals surface area contributed by atoms with Crippen LogP contribution in [0.2, 0.25) is 0 Å². The number of hydrogen-bond acceptors (Lipinski definition) is 3. The number of H-pyrrole nitrogens is 1. The van der Waals surface area contributed by atoms with Gasteiger partial charge in [-0.2, -0.15) is 5.10 Å². The highest BCUT2D eigenvalue weighted by Crippen LogP contribution is 2.34. The minimum Gasteiger partial charge on any atom is -0.496 e. The van der Waals surface area contributed by atoms with Gasteiger partial charge >= 0.3 is 0 Å². The number of methoxy groups -OCH3 is 1. The highest BCUT2D eigenvalue weighted by atomic mass is 79.9. The zero-order chi connectivity index (χ0) is 12.3. The maximum absolute atomic E-state index is 5.33. The summed E-state index contributed by atoms with van der Waals surface area (Å²) in [6, 6.07) is 7.82. The molecule has 1 aromatic carbocycles. The predicted molar refractivity (Wildman–Crippen MR) is 71.0 cm³/mol. The Morgan fingerprint density at radius 1 is 1.41 bits per heavy atom. The number of nitrogens with zero attached hydrogens (tertiary/aromatic N) is 1. The lowest BCUT2D eigenvalue weighted by Gasteiger charge is -2.05. The predicted octanol–water partition coefficient (Wildman–Crippen LogP) is 2.57. The van der Waals surface area contributed by atoms with E-state index in [9.17, 15) is 0 Å². The van der Waals surface area contributed by atoms with Gasteiger partial charge in [-0.25, -0.2) is 0 Å².